The molecule has 1 aliphatic heterocycles. The summed E-state index contributed by atoms with van der Waals surface area (Å²) in [5.41, 5.74) is 0. The second-order valence-electron chi connectivity index (χ2n) is 5.50. The smallest absolute Gasteiger partial charge is 0.287 e. The van der Waals surface area contributed by atoms with Gasteiger partial charge in [-0.05, 0) is 53.0 Å². The van der Waals surface area contributed by atoms with Crippen molar-refractivity contribution in [1.29, 1.82) is 0 Å². The van der Waals surface area contributed by atoms with E-state index < -0.39 is 0 Å². The summed E-state index contributed by atoms with van der Waals surface area (Å²) in [5, 5.41) is 3.01. The first-order valence-electron chi connectivity index (χ1n) is 7.52. The van der Waals surface area contributed by atoms with Crippen LogP contribution in [-0.2, 0) is 4.74 Å². The van der Waals surface area contributed by atoms with Crippen LogP contribution in [0.2, 0.25) is 0 Å². The van der Waals surface area contributed by atoms with Gasteiger partial charge in [0.2, 0.25) is 0 Å². The lowest BCUT2D eigenvalue weighted by Gasteiger charge is -2.36. The number of carbonyl (C=O) groups is 1. The minimum absolute atomic E-state index is 0.0426. The maximum absolute atomic E-state index is 12.2. The molecule has 0 bridgehead atoms. The number of benzene rings is 1. The number of halogens is 1. The van der Waals surface area contributed by atoms with Crippen LogP contribution in [0.3, 0.4) is 0 Å². The monoisotopic (exact) mass is 395 g/mol. The van der Waals surface area contributed by atoms with Gasteiger partial charge in [-0.1, -0.05) is 18.2 Å². The lowest BCUT2D eigenvalue weighted by Crippen LogP contribution is -2.44. The third-order valence-electron chi connectivity index (χ3n) is 3.85. The van der Waals surface area contributed by atoms with Crippen LogP contribution < -0.4 is 5.32 Å². The maximum Gasteiger partial charge on any atom is 0.287 e. The Labute approximate surface area is 148 Å². The van der Waals surface area contributed by atoms with E-state index in [2.05, 4.69) is 33.4 Å². The molecule has 0 radical (unpaired) electrons. The summed E-state index contributed by atoms with van der Waals surface area (Å²) < 4.78 is 11.3. The minimum atomic E-state index is -0.185. The number of rotatable bonds is 5. The summed E-state index contributed by atoms with van der Waals surface area (Å²) >= 11 is 5.04. The molecule has 0 atom stereocenters. The van der Waals surface area contributed by atoms with Gasteiger partial charge in [-0.2, -0.15) is 0 Å². The predicted molar refractivity (Wildman–Crippen MR) is 93.8 cm³/mol. The zero-order chi connectivity index (χ0) is 16.1. The lowest BCUT2D eigenvalue weighted by atomic mass is 9.99. The first-order chi connectivity index (χ1) is 11.2. The molecule has 1 fully saturated rings. The molecule has 1 aromatic heterocycles. The van der Waals surface area contributed by atoms with E-state index >= 15 is 0 Å². The van der Waals surface area contributed by atoms with Crippen molar-refractivity contribution in [2.45, 2.75) is 22.5 Å². The Hall–Kier alpha value is -1.24. The number of nitrogens with one attached hydrogen (secondary N) is 1. The van der Waals surface area contributed by atoms with Gasteiger partial charge < -0.3 is 14.5 Å². The van der Waals surface area contributed by atoms with Crippen LogP contribution >= 0.6 is 27.7 Å². The maximum atomic E-state index is 12.2. The van der Waals surface area contributed by atoms with Gasteiger partial charge in [-0.15, -0.1) is 11.8 Å². The number of hydrogen-bond donors (Lipinski definition) is 1. The molecule has 122 valence electrons. The van der Waals surface area contributed by atoms with Gasteiger partial charge in [0.25, 0.3) is 5.91 Å². The van der Waals surface area contributed by atoms with Gasteiger partial charge in [0, 0.05) is 29.4 Å². The first-order valence-corrected chi connectivity index (χ1v) is 9.13. The predicted octanol–water partition coefficient (Wildman–Crippen LogP) is 4.11. The Morgan fingerprint density at radius 3 is 2.57 bits per heavy atom. The van der Waals surface area contributed by atoms with Crippen LogP contribution in [0.4, 0.5) is 0 Å². The number of carbonyl (C=O) groups excluding carboxylic acids is 1. The average molecular weight is 396 g/mol. The zero-order valence-electron chi connectivity index (χ0n) is 12.6. The molecule has 1 saturated heterocycles. The molecule has 1 amide bonds. The van der Waals surface area contributed by atoms with E-state index in [1.807, 2.05) is 30.0 Å². The summed E-state index contributed by atoms with van der Waals surface area (Å²) in [6, 6.07) is 13.7. The van der Waals surface area contributed by atoms with Crippen LogP contribution in [0.25, 0.3) is 0 Å². The molecule has 0 aliphatic carbocycles. The van der Waals surface area contributed by atoms with Crippen molar-refractivity contribution in [1.82, 2.24) is 5.32 Å². The summed E-state index contributed by atoms with van der Waals surface area (Å²) in [4.78, 5) is 13.4. The zero-order valence-corrected chi connectivity index (χ0v) is 15.0. The fourth-order valence-electron chi connectivity index (χ4n) is 2.56. The topological polar surface area (TPSA) is 51.5 Å². The number of ether oxygens (including phenoxy) is 1. The van der Waals surface area contributed by atoms with Crippen molar-refractivity contribution in [3.8, 4) is 0 Å². The first kappa shape index (κ1) is 16.6. The standard InChI is InChI=1S/C17H18BrNO3S/c18-15-7-6-14(22-15)16(20)19-12-17(8-10-21-11-9-17)23-13-4-2-1-3-5-13/h1-7H,8-12H2,(H,19,20). The van der Waals surface area contributed by atoms with Crippen molar-refractivity contribution in [3.05, 3.63) is 52.9 Å². The second-order valence-corrected chi connectivity index (χ2v) is 7.82. The van der Waals surface area contributed by atoms with E-state index in [1.54, 1.807) is 12.1 Å². The van der Waals surface area contributed by atoms with Crippen molar-refractivity contribution in [2.24, 2.45) is 0 Å². The molecule has 23 heavy (non-hydrogen) atoms. The summed E-state index contributed by atoms with van der Waals surface area (Å²) in [6.07, 6.45) is 1.82. The van der Waals surface area contributed by atoms with Crippen molar-refractivity contribution >= 4 is 33.6 Å². The average Bonchev–Trinajstić information content (AvgIpc) is 3.01. The Morgan fingerprint density at radius 1 is 1.17 bits per heavy atom. The van der Waals surface area contributed by atoms with Crippen LogP contribution in [0, 0.1) is 0 Å². The van der Waals surface area contributed by atoms with Gasteiger partial charge >= 0.3 is 0 Å². The van der Waals surface area contributed by atoms with Crippen molar-refractivity contribution in [2.75, 3.05) is 19.8 Å². The van der Waals surface area contributed by atoms with E-state index in [0.29, 0.717) is 17.0 Å². The number of thioether (sulfide) groups is 1. The second kappa shape index (κ2) is 7.55. The molecule has 0 spiro atoms. The highest BCUT2D eigenvalue weighted by Crippen LogP contribution is 2.40. The Kier molecular flexibility index (Phi) is 5.46. The van der Waals surface area contributed by atoms with E-state index in [-0.39, 0.29) is 10.7 Å². The fourth-order valence-corrected chi connectivity index (χ4v) is 4.18. The van der Waals surface area contributed by atoms with Crippen LogP contribution in [-0.4, -0.2) is 30.4 Å². The molecule has 0 unspecified atom stereocenters. The lowest BCUT2D eigenvalue weighted by molar-refractivity contribution is 0.0734. The molecule has 1 N–H and O–H groups in total. The molecule has 2 aromatic rings. The minimum Gasteiger partial charge on any atom is -0.444 e. The summed E-state index contributed by atoms with van der Waals surface area (Å²) in [7, 11) is 0. The highest BCUT2D eigenvalue weighted by atomic mass is 79.9. The molecule has 1 aliphatic rings. The third-order valence-corrected chi connectivity index (χ3v) is 5.77. The molecule has 0 saturated carbocycles. The summed E-state index contributed by atoms with van der Waals surface area (Å²) in [5.74, 6) is 0.138. The van der Waals surface area contributed by atoms with Gasteiger partial charge in [0.05, 0.1) is 0 Å². The Bertz CT molecular complexity index is 653. The largest absolute Gasteiger partial charge is 0.444 e. The number of hydrogen-bond acceptors (Lipinski definition) is 4. The highest BCUT2D eigenvalue weighted by molar-refractivity contribution is 9.10. The fraction of sp³-hybridized carbons (Fsp3) is 0.353. The molecule has 3 rings (SSSR count). The molecular weight excluding hydrogens is 378 g/mol. The number of furan rings is 1. The Morgan fingerprint density at radius 2 is 1.91 bits per heavy atom. The van der Waals surface area contributed by atoms with Crippen molar-refractivity contribution < 1.29 is 13.9 Å². The molecule has 1 aromatic carbocycles. The number of amides is 1. The van der Waals surface area contributed by atoms with E-state index in [0.717, 1.165) is 26.1 Å². The van der Waals surface area contributed by atoms with Crippen LogP contribution in [0.15, 0.2) is 56.4 Å². The van der Waals surface area contributed by atoms with Gasteiger partial charge in [-0.3, -0.25) is 4.79 Å². The third kappa shape index (κ3) is 4.40. The highest BCUT2D eigenvalue weighted by Gasteiger charge is 2.34. The molecular formula is C17H18BrNO3S. The molecule has 6 heteroatoms. The molecule has 2 heterocycles. The Balaban J connectivity index is 1.68. The summed E-state index contributed by atoms with van der Waals surface area (Å²) in [6.45, 7) is 2.04. The van der Waals surface area contributed by atoms with Gasteiger partial charge in [-0.25, -0.2) is 0 Å². The van der Waals surface area contributed by atoms with E-state index in [9.17, 15) is 4.79 Å². The van der Waals surface area contributed by atoms with Crippen LogP contribution in [0.5, 0.6) is 0 Å². The molecule has 4 nitrogen and oxygen atoms in total. The quantitative estimate of drug-likeness (QED) is 0.827. The SMILES string of the molecule is O=C(NCC1(Sc2ccccc2)CCOCC1)c1ccc(Br)o1. The van der Waals surface area contributed by atoms with Gasteiger partial charge in [0.15, 0.2) is 10.4 Å². The van der Waals surface area contributed by atoms with E-state index in [4.69, 9.17) is 9.15 Å². The van der Waals surface area contributed by atoms with Crippen molar-refractivity contribution in [3.63, 3.8) is 0 Å². The van der Waals surface area contributed by atoms with Crippen LogP contribution in [0.1, 0.15) is 23.4 Å². The van der Waals surface area contributed by atoms with Gasteiger partial charge in [0.1, 0.15) is 0 Å². The van der Waals surface area contributed by atoms with E-state index in [1.165, 1.54) is 4.90 Å². The normalized spacial score (nSPS) is 16.9.